The first-order valence-electron chi connectivity index (χ1n) is 6.47. The molecule has 9 heteroatoms. The van der Waals surface area contributed by atoms with Crippen LogP contribution in [0.25, 0.3) is 10.9 Å². The highest BCUT2D eigenvalue weighted by Gasteiger charge is 2.14. The van der Waals surface area contributed by atoms with Crippen LogP contribution < -0.4 is 14.2 Å². The Morgan fingerprint density at radius 3 is 2.57 bits per heavy atom. The molecule has 0 atom stereocenters. The predicted molar refractivity (Wildman–Crippen MR) is 95.6 cm³/mol. The molecule has 3 rings (SSSR count). The van der Waals surface area contributed by atoms with Gasteiger partial charge >= 0.3 is 0 Å². The van der Waals surface area contributed by atoms with E-state index in [0.717, 1.165) is 15.8 Å². The van der Waals surface area contributed by atoms with Gasteiger partial charge in [0, 0.05) is 22.1 Å². The van der Waals surface area contributed by atoms with E-state index in [2.05, 4.69) is 35.6 Å². The van der Waals surface area contributed by atoms with Crippen molar-refractivity contribution >= 4 is 56.3 Å². The Balaban J connectivity index is 1.84. The molecule has 120 valence electrons. The van der Waals surface area contributed by atoms with Gasteiger partial charge in [-0.15, -0.1) is 0 Å². The summed E-state index contributed by atoms with van der Waals surface area (Å²) < 4.78 is 14.1. The zero-order valence-corrected chi connectivity index (χ0v) is 15.3. The number of H-pyrrole nitrogens is 1. The van der Waals surface area contributed by atoms with Crippen molar-refractivity contribution in [3.63, 3.8) is 0 Å². The van der Waals surface area contributed by atoms with Gasteiger partial charge < -0.3 is 14.5 Å². The lowest BCUT2D eigenvalue weighted by atomic mass is 10.2. The Hall–Kier alpha value is -1.64. The van der Waals surface area contributed by atoms with Gasteiger partial charge in [0.15, 0.2) is 0 Å². The normalized spacial score (nSPS) is 10.8. The molecule has 3 aromatic rings. The molecule has 0 spiro atoms. The van der Waals surface area contributed by atoms with Crippen molar-refractivity contribution in [2.24, 2.45) is 0 Å². The van der Waals surface area contributed by atoms with E-state index in [1.165, 1.54) is 26.2 Å². The number of methoxy groups -OCH3 is 2. The molecule has 0 radical (unpaired) electrons. The van der Waals surface area contributed by atoms with E-state index in [9.17, 15) is 0 Å². The molecule has 0 unspecified atom stereocenters. The number of rotatable bonds is 5. The average molecular weight is 416 g/mol. The maximum atomic E-state index is 5.99. The molecular weight excluding hydrogens is 404 g/mol. The summed E-state index contributed by atoms with van der Waals surface area (Å²) in [5.41, 5.74) is 0.966. The van der Waals surface area contributed by atoms with Gasteiger partial charge in [-0.1, -0.05) is 17.7 Å². The molecule has 0 saturated carbocycles. The van der Waals surface area contributed by atoms with Crippen LogP contribution in [0.3, 0.4) is 0 Å². The van der Waals surface area contributed by atoms with Crippen LogP contribution in [0.2, 0.25) is 5.02 Å². The lowest BCUT2D eigenvalue weighted by Crippen LogP contribution is -2.01. The number of nitrogens with one attached hydrogen (secondary N) is 2. The van der Waals surface area contributed by atoms with Crippen LogP contribution in [-0.4, -0.2) is 29.2 Å². The van der Waals surface area contributed by atoms with Crippen molar-refractivity contribution in [2.75, 3.05) is 18.9 Å². The first-order chi connectivity index (χ1) is 11.1. The molecule has 2 heterocycles. The Morgan fingerprint density at radius 2 is 1.91 bits per heavy atom. The highest BCUT2D eigenvalue weighted by molar-refractivity contribution is 9.10. The highest BCUT2D eigenvalue weighted by atomic mass is 79.9. The summed E-state index contributed by atoms with van der Waals surface area (Å²) in [7, 11) is 3.07. The van der Waals surface area contributed by atoms with Crippen molar-refractivity contribution in [1.29, 1.82) is 0 Å². The summed E-state index contributed by atoms with van der Waals surface area (Å²) in [6.07, 6.45) is 1.89. The summed E-state index contributed by atoms with van der Waals surface area (Å²) in [5, 5.41) is 1.75. The van der Waals surface area contributed by atoms with Crippen LogP contribution in [-0.2, 0) is 0 Å². The van der Waals surface area contributed by atoms with Crippen molar-refractivity contribution < 1.29 is 9.47 Å². The largest absolute Gasteiger partial charge is 0.480 e. The number of anilines is 1. The zero-order chi connectivity index (χ0) is 16.4. The fourth-order valence-electron chi connectivity index (χ4n) is 1.98. The lowest BCUT2D eigenvalue weighted by Gasteiger charge is -2.09. The number of ether oxygens (including phenoxy) is 2. The Bertz CT molecular complexity index is 833. The van der Waals surface area contributed by atoms with Gasteiger partial charge in [0.05, 0.1) is 19.1 Å². The molecule has 0 aliphatic heterocycles. The van der Waals surface area contributed by atoms with E-state index in [0.29, 0.717) is 27.2 Å². The minimum atomic E-state index is 0.384. The fraction of sp³-hybridized carbons (Fsp3) is 0.143. The van der Waals surface area contributed by atoms with Crippen LogP contribution in [0.5, 0.6) is 11.8 Å². The molecule has 2 N–H and O–H groups in total. The summed E-state index contributed by atoms with van der Waals surface area (Å²) >= 11 is 10.7. The molecule has 23 heavy (non-hydrogen) atoms. The fourth-order valence-corrected chi connectivity index (χ4v) is 3.35. The predicted octanol–water partition coefficient (Wildman–Crippen LogP) is 4.51. The average Bonchev–Trinajstić information content (AvgIpc) is 2.95. The zero-order valence-electron chi connectivity index (χ0n) is 12.2. The number of nitrogens with zero attached hydrogens (tertiary/aromatic N) is 2. The minimum Gasteiger partial charge on any atom is -0.480 e. The van der Waals surface area contributed by atoms with Gasteiger partial charge in [-0.25, -0.2) is 0 Å². The number of hydrogen-bond donors (Lipinski definition) is 2. The van der Waals surface area contributed by atoms with Crippen LogP contribution in [0.1, 0.15) is 0 Å². The maximum absolute atomic E-state index is 5.99. The van der Waals surface area contributed by atoms with Gasteiger partial charge in [0.25, 0.3) is 0 Å². The molecule has 0 bridgehead atoms. The quantitative estimate of drug-likeness (QED) is 0.597. The molecule has 0 aliphatic rings. The third kappa shape index (κ3) is 3.34. The standard InChI is InChI=1S/C14H12BrClN4O2S/c1-21-12-11(15)13(22-2)19-14(18-12)20-23-10-6-17-9-5-7(16)3-4-8(9)10/h3-6,17H,1-2H3,(H,18,19,20). The Labute approximate surface area is 150 Å². The minimum absolute atomic E-state index is 0.384. The second kappa shape index (κ2) is 6.86. The van der Waals surface area contributed by atoms with E-state index < -0.39 is 0 Å². The number of fused-ring (bicyclic) bond motifs is 1. The summed E-state index contributed by atoms with van der Waals surface area (Å²) in [5.74, 6) is 1.17. The first kappa shape index (κ1) is 16.2. The second-order valence-corrected chi connectivity index (χ2v) is 6.50. The van der Waals surface area contributed by atoms with Crippen molar-refractivity contribution in [3.05, 3.63) is 33.9 Å². The molecule has 0 fully saturated rings. The van der Waals surface area contributed by atoms with Gasteiger partial charge in [-0.2, -0.15) is 9.97 Å². The number of aromatic amines is 1. The summed E-state index contributed by atoms with van der Waals surface area (Å²) in [4.78, 5) is 12.7. The molecule has 6 nitrogen and oxygen atoms in total. The van der Waals surface area contributed by atoms with Crippen molar-refractivity contribution in [2.45, 2.75) is 4.90 Å². The third-order valence-electron chi connectivity index (χ3n) is 3.04. The Kier molecular flexibility index (Phi) is 4.84. The number of hydrogen-bond acceptors (Lipinski definition) is 6. The lowest BCUT2D eigenvalue weighted by molar-refractivity contribution is 0.368. The van der Waals surface area contributed by atoms with E-state index in [4.69, 9.17) is 21.1 Å². The molecule has 0 amide bonds. The maximum Gasteiger partial charge on any atom is 0.239 e. The molecule has 1 aromatic carbocycles. The van der Waals surface area contributed by atoms with Crippen molar-refractivity contribution in [3.8, 4) is 11.8 Å². The monoisotopic (exact) mass is 414 g/mol. The molecule has 2 aromatic heterocycles. The summed E-state index contributed by atoms with van der Waals surface area (Å²) in [6, 6.07) is 5.69. The van der Waals surface area contributed by atoms with Gasteiger partial charge in [-0.3, -0.25) is 4.72 Å². The topological polar surface area (TPSA) is 72.1 Å². The summed E-state index contributed by atoms with van der Waals surface area (Å²) in [6.45, 7) is 0. The molecular formula is C14H12BrClN4O2S. The van der Waals surface area contributed by atoms with E-state index in [-0.39, 0.29) is 0 Å². The van der Waals surface area contributed by atoms with Gasteiger partial charge in [-0.05, 0) is 40.0 Å². The van der Waals surface area contributed by atoms with Crippen LogP contribution >= 0.6 is 39.5 Å². The second-order valence-electron chi connectivity index (χ2n) is 4.43. The number of halogens is 2. The van der Waals surface area contributed by atoms with Crippen LogP contribution in [0.4, 0.5) is 5.95 Å². The van der Waals surface area contributed by atoms with Gasteiger partial charge in [0.1, 0.15) is 4.47 Å². The van der Waals surface area contributed by atoms with E-state index in [1.54, 1.807) is 0 Å². The molecule has 0 aliphatic carbocycles. The van der Waals surface area contributed by atoms with Crippen LogP contribution in [0, 0.1) is 0 Å². The Morgan fingerprint density at radius 1 is 1.22 bits per heavy atom. The number of benzene rings is 1. The first-order valence-corrected chi connectivity index (χ1v) is 8.46. The third-order valence-corrected chi connectivity index (χ3v) is 4.79. The van der Waals surface area contributed by atoms with Crippen molar-refractivity contribution in [1.82, 2.24) is 15.0 Å². The smallest absolute Gasteiger partial charge is 0.239 e. The van der Waals surface area contributed by atoms with Crippen LogP contribution in [0.15, 0.2) is 33.8 Å². The van der Waals surface area contributed by atoms with E-state index >= 15 is 0 Å². The van der Waals surface area contributed by atoms with Gasteiger partial charge in [0.2, 0.25) is 17.7 Å². The highest BCUT2D eigenvalue weighted by Crippen LogP contribution is 2.34. The number of aromatic nitrogens is 3. The van der Waals surface area contributed by atoms with E-state index in [1.807, 2.05) is 24.4 Å². The SMILES string of the molecule is COc1nc(NSc2c[nH]c3cc(Cl)ccc23)nc(OC)c1Br. The molecule has 0 saturated heterocycles.